The van der Waals surface area contributed by atoms with Crippen molar-refractivity contribution in [1.82, 2.24) is 0 Å². The van der Waals surface area contributed by atoms with Crippen molar-refractivity contribution in [2.24, 2.45) is 0 Å². The summed E-state index contributed by atoms with van der Waals surface area (Å²) in [5, 5.41) is 2.99. The Balaban J connectivity index is 2.28. The highest BCUT2D eigenvalue weighted by atomic mass is 16.1. The lowest BCUT2D eigenvalue weighted by atomic mass is 10.0. The van der Waals surface area contributed by atoms with Crippen LogP contribution in [0.3, 0.4) is 0 Å². The van der Waals surface area contributed by atoms with Gasteiger partial charge in [0, 0.05) is 11.3 Å². The second kappa shape index (κ2) is 5.27. The predicted molar refractivity (Wildman–Crippen MR) is 79.8 cm³/mol. The third kappa shape index (κ3) is 3.02. The van der Waals surface area contributed by atoms with E-state index in [0.29, 0.717) is 0 Å². The van der Waals surface area contributed by atoms with Crippen LogP contribution < -0.4 is 5.32 Å². The van der Waals surface area contributed by atoms with Gasteiger partial charge in [-0.3, -0.25) is 4.79 Å². The topological polar surface area (TPSA) is 29.1 Å². The quantitative estimate of drug-likeness (QED) is 0.855. The van der Waals surface area contributed by atoms with E-state index < -0.39 is 0 Å². The molecule has 0 spiro atoms. The Hall–Kier alpha value is -2.09. The Labute approximate surface area is 114 Å². The number of hydrogen-bond donors (Lipinski definition) is 1. The van der Waals surface area contributed by atoms with Gasteiger partial charge in [0.15, 0.2) is 0 Å². The minimum Gasteiger partial charge on any atom is -0.322 e. The second-order valence-electron chi connectivity index (χ2n) is 5.09. The van der Waals surface area contributed by atoms with Crippen molar-refractivity contribution in [3.63, 3.8) is 0 Å². The maximum Gasteiger partial charge on any atom is 0.255 e. The summed E-state index contributed by atoms with van der Waals surface area (Å²) in [7, 11) is 0. The molecule has 0 bridgehead atoms. The number of nitrogens with one attached hydrogen (secondary N) is 1. The van der Waals surface area contributed by atoms with Crippen molar-refractivity contribution in [2.75, 3.05) is 5.32 Å². The van der Waals surface area contributed by atoms with E-state index in [4.69, 9.17) is 0 Å². The Bertz CT molecular complexity index is 629. The van der Waals surface area contributed by atoms with Gasteiger partial charge in [0.05, 0.1) is 0 Å². The molecule has 0 unspecified atom stereocenters. The summed E-state index contributed by atoms with van der Waals surface area (Å²) in [5.41, 5.74) is 5.99. The van der Waals surface area contributed by atoms with Crippen molar-refractivity contribution in [3.05, 3.63) is 64.2 Å². The number of carbonyl (C=O) groups is 1. The smallest absolute Gasteiger partial charge is 0.255 e. The van der Waals surface area contributed by atoms with Crippen molar-refractivity contribution >= 4 is 11.6 Å². The SMILES string of the molecule is Cc1ccc(C(=O)Nc2cc(C)ccc2C)c(C)c1. The molecule has 98 valence electrons. The minimum atomic E-state index is -0.0498. The molecular weight excluding hydrogens is 234 g/mol. The summed E-state index contributed by atoms with van der Waals surface area (Å²) >= 11 is 0. The number of benzene rings is 2. The van der Waals surface area contributed by atoms with Gasteiger partial charge in [-0.05, 0) is 56.5 Å². The second-order valence-corrected chi connectivity index (χ2v) is 5.09. The Kier molecular flexibility index (Phi) is 3.70. The van der Waals surface area contributed by atoms with Crippen molar-refractivity contribution in [1.29, 1.82) is 0 Å². The maximum atomic E-state index is 12.3. The van der Waals surface area contributed by atoms with Gasteiger partial charge in [-0.2, -0.15) is 0 Å². The predicted octanol–water partition coefficient (Wildman–Crippen LogP) is 4.17. The molecule has 1 amide bonds. The summed E-state index contributed by atoms with van der Waals surface area (Å²) in [6, 6.07) is 11.9. The number of amides is 1. The molecule has 2 heteroatoms. The van der Waals surface area contributed by atoms with Crippen LogP contribution in [-0.4, -0.2) is 5.91 Å². The average molecular weight is 253 g/mol. The molecule has 19 heavy (non-hydrogen) atoms. The standard InChI is InChI=1S/C17H19NO/c1-11-6-8-15(14(4)9-11)17(19)18-16-10-12(2)5-7-13(16)3/h5-10H,1-4H3,(H,18,19). The summed E-state index contributed by atoms with van der Waals surface area (Å²) in [5.74, 6) is -0.0498. The van der Waals surface area contributed by atoms with Gasteiger partial charge in [0.25, 0.3) is 5.91 Å². The van der Waals surface area contributed by atoms with Gasteiger partial charge in [-0.15, -0.1) is 0 Å². The number of carbonyl (C=O) groups excluding carboxylic acids is 1. The normalized spacial score (nSPS) is 10.3. The summed E-state index contributed by atoms with van der Waals surface area (Å²) < 4.78 is 0. The fourth-order valence-corrected chi connectivity index (χ4v) is 2.13. The van der Waals surface area contributed by atoms with Crippen LogP contribution in [0.2, 0.25) is 0 Å². The first-order valence-corrected chi connectivity index (χ1v) is 6.43. The molecule has 0 radical (unpaired) electrons. The van der Waals surface area contributed by atoms with Crippen LogP contribution in [0.4, 0.5) is 5.69 Å². The first-order valence-electron chi connectivity index (χ1n) is 6.43. The molecular formula is C17H19NO. The van der Waals surface area contributed by atoms with Crippen molar-refractivity contribution < 1.29 is 4.79 Å². The highest BCUT2D eigenvalue weighted by Crippen LogP contribution is 2.18. The lowest BCUT2D eigenvalue weighted by molar-refractivity contribution is 0.102. The highest BCUT2D eigenvalue weighted by Gasteiger charge is 2.10. The monoisotopic (exact) mass is 253 g/mol. The molecule has 0 aromatic heterocycles. The zero-order chi connectivity index (χ0) is 14.0. The van der Waals surface area contributed by atoms with E-state index in [9.17, 15) is 4.79 Å². The van der Waals surface area contributed by atoms with Crippen LogP contribution in [0.1, 0.15) is 32.6 Å². The number of hydrogen-bond acceptors (Lipinski definition) is 1. The first kappa shape index (κ1) is 13.3. The molecule has 2 rings (SSSR count). The Morgan fingerprint density at radius 1 is 0.842 bits per heavy atom. The van der Waals surface area contributed by atoms with Crippen molar-refractivity contribution in [2.45, 2.75) is 27.7 Å². The number of anilines is 1. The molecule has 0 atom stereocenters. The molecule has 2 aromatic rings. The van der Waals surface area contributed by atoms with Gasteiger partial charge >= 0.3 is 0 Å². The summed E-state index contributed by atoms with van der Waals surface area (Å²) in [6.45, 7) is 8.01. The van der Waals surface area contributed by atoms with E-state index in [0.717, 1.165) is 27.9 Å². The largest absolute Gasteiger partial charge is 0.322 e. The average Bonchev–Trinajstić information content (AvgIpc) is 2.33. The number of rotatable bonds is 2. The van der Waals surface area contributed by atoms with E-state index in [2.05, 4.69) is 5.32 Å². The molecule has 2 aromatic carbocycles. The van der Waals surface area contributed by atoms with Gasteiger partial charge in [0.2, 0.25) is 0 Å². The van der Waals surface area contributed by atoms with Gasteiger partial charge in [0.1, 0.15) is 0 Å². The van der Waals surface area contributed by atoms with E-state index in [1.807, 2.05) is 64.1 Å². The molecule has 0 heterocycles. The number of aryl methyl sites for hydroxylation is 4. The third-order valence-corrected chi connectivity index (χ3v) is 3.27. The van der Waals surface area contributed by atoms with Gasteiger partial charge < -0.3 is 5.32 Å². The molecule has 0 aliphatic carbocycles. The van der Waals surface area contributed by atoms with Crippen LogP contribution in [-0.2, 0) is 0 Å². The summed E-state index contributed by atoms with van der Waals surface area (Å²) in [4.78, 5) is 12.3. The van der Waals surface area contributed by atoms with Crippen LogP contribution in [0, 0.1) is 27.7 Å². The molecule has 1 N–H and O–H groups in total. The van der Waals surface area contributed by atoms with Gasteiger partial charge in [-0.25, -0.2) is 0 Å². The fourth-order valence-electron chi connectivity index (χ4n) is 2.13. The molecule has 0 aliphatic rings. The van der Waals surface area contributed by atoms with Crippen LogP contribution in [0.25, 0.3) is 0 Å². The third-order valence-electron chi connectivity index (χ3n) is 3.27. The molecule has 0 saturated carbocycles. The maximum absolute atomic E-state index is 12.3. The fraction of sp³-hybridized carbons (Fsp3) is 0.235. The summed E-state index contributed by atoms with van der Waals surface area (Å²) in [6.07, 6.45) is 0. The van der Waals surface area contributed by atoms with E-state index in [1.165, 1.54) is 5.56 Å². The van der Waals surface area contributed by atoms with E-state index in [1.54, 1.807) is 0 Å². The van der Waals surface area contributed by atoms with Crippen LogP contribution >= 0.6 is 0 Å². The zero-order valence-electron chi connectivity index (χ0n) is 11.9. The Morgan fingerprint density at radius 3 is 2.16 bits per heavy atom. The molecule has 0 fully saturated rings. The molecule has 0 saturated heterocycles. The lowest BCUT2D eigenvalue weighted by Crippen LogP contribution is -2.14. The van der Waals surface area contributed by atoms with Crippen molar-refractivity contribution in [3.8, 4) is 0 Å². The first-order chi connectivity index (χ1) is 8.97. The minimum absolute atomic E-state index is 0.0498. The lowest BCUT2D eigenvalue weighted by Gasteiger charge is -2.11. The Morgan fingerprint density at radius 2 is 1.47 bits per heavy atom. The molecule has 0 aliphatic heterocycles. The zero-order valence-corrected chi connectivity index (χ0v) is 11.9. The van der Waals surface area contributed by atoms with Crippen LogP contribution in [0.15, 0.2) is 36.4 Å². The highest BCUT2D eigenvalue weighted by molar-refractivity contribution is 6.05. The van der Waals surface area contributed by atoms with E-state index >= 15 is 0 Å². The van der Waals surface area contributed by atoms with Crippen LogP contribution in [0.5, 0.6) is 0 Å². The van der Waals surface area contributed by atoms with Gasteiger partial charge in [-0.1, -0.05) is 29.8 Å². The molecule has 2 nitrogen and oxygen atoms in total. The van der Waals surface area contributed by atoms with E-state index in [-0.39, 0.29) is 5.91 Å².